The fourth-order valence-electron chi connectivity index (χ4n) is 1.88. The number of aromatic carboxylic acids is 1. The maximum Gasteiger partial charge on any atom is 0.341 e. The monoisotopic (exact) mass is 268 g/mol. The van der Waals surface area contributed by atoms with Gasteiger partial charge in [0.1, 0.15) is 11.2 Å². The van der Waals surface area contributed by atoms with Crippen LogP contribution in [0.2, 0.25) is 5.02 Å². The van der Waals surface area contributed by atoms with E-state index in [1.807, 2.05) is 0 Å². The van der Waals surface area contributed by atoms with E-state index in [2.05, 4.69) is 0 Å². The summed E-state index contributed by atoms with van der Waals surface area (Å²) in [5, 5.41) is 8.92. The summed E-state index contributed by atoms with van der Waals surface area (Å²) < 4.78 is 2.64. The number of aryl methyl sites for hydroxylation is 2. The number of halogens is 1. The largest absolute Gasteiger partial charge is 0.477 e. The number of carboxylic acid groups (broad SMARTS) is 1. The van der Waals surface area contributed by atoms with Crippen molar-refractivity contribution in [3.8, 4) is 0 Å². The molecule has 0 aromatic carbocycles. The normalized spacial score (nSPS) is 10.8. The third kappa shape index (κ3) is 1.62. The van der Waals surface area contributed by atoms with Crippen molar-refractivity contribution in [2.45, 2.75) is 0 Å². The fourth-order valence-corrected chi connectivity index (χ4v) is 2.14. The Morgan fingerprint density at radius 1 is 1.33 bits per heavy atom. The molecule has 2 aromatic rings. The number of aromatic nitrogens is 2. The lowest BCUT2D eigenvalue weighted by Crippen LogP contribution is -2.25. The smallest absolute Gasteiger partial charge is 0.341 e. The Balaban J connectivity index is 3.17. The average molecular weight is 269 g/mol. The van der Waals surface area contributed by atoms with Gasteiger partial charge in [0.2, 0.25) is 5.43 Å². The van der Waals surface area contributed by atoms with Crippen LogP contribution in [0, 0.1) is 0 Å². The van der Waals surface area contributed by atoms with E-state index in [9.17, 15) is 14.4 Å². The van der Waals surface area contributed by atoms with E-state index in [4.69, 9.17) is 16.7 Å². The van der Waals surface area contributed by atoms with Crippen LogP contribution in [0.15, 0.2) is 21.9 Å². The van der Waals surface area contributed by atoms with Gasteiger partial charge in [-0.3, -0.25) is 14.2 Å². The average Bonchev–Trinajstić information content (AvgIpc) is 2.28. The topological polar surface area (TPSA) is 81.3 Å². The molecule has 6 nitrogen and oxygen atoms in total. The predicted octanol–water partition coefficient (Wildman–Crippen LogP) is 0.589. The van der Waals surface area contributed by atoms with Crippen molar-refractivity contribution in [3.63, 3.8) is 0 Å². The van der Waals surface area contributed by atoms with E-state index < -0.39 is 11.4 Å². The SMILES string of the molecule is Cn1cc(C(=O)O)c(=O)c2c(Cl)cc(=O)n(C)c21. The summed E-state index contributed by atoms with van der Waals surface area (Å²) in [6.45, 7) is 0. The summed E-state index contributed by atoms with van der Waals surface area (Å²) in [5.41, 5.74) is -1.17. The fraction of sp³-hybridized carbons (Fsp3) is 0.182. The Hall–Kier alpha value is -2.08. The third-order valence-corrected chi connectivity index (χ3v) is 3.02. The molecule has 2 heterocycles. The van der Waals surface area contributed by atoms with Crippen LogP contribution in [0.1, 0.15) is 10.4 Å². The Morgan fingerprint density at radius 2 is 1.94 bits per heavy atom. The first-order valence-electron chi connectivity index (χ1n) is 4.96. The highest BCUT2D eigenvalue weighted by Gasteiger charge is 2.17. The Morgan fingerprint density at radius 3 is 2.50 bits per heavy atom. The zero-order chi connectivity index (χ0) is 13.6. The van der Waals surface area contributed by atoms with Crippen LogP contribution in [0.25, 0.3) is 11.0 Å². The Kier molecular flexibility index (Phi) is 2.74. The number of rotatable bonds is 1. The van der Waals surface area contributed by atoms with Crippen molar-refractivity contribution in [2.24, 2.45) is 14.1 Å². The number of nitrogens with zero attached hydrogens (tertiary/aromatic N) is 2. The van der Waals surface area contributed by atoms with Crippen molar-refractivity contribution in [2.75, 3.05) is 0 Å². The van der Waals surface area contributed by atoms with Crippen LogP contribution >= 0.6 is 11.6 Å². The summed E-state index contributed by atoms with van der Waals surface area (Å²) in [6, 6.07) is 1.09. The molecule has 94 valence electrons. The van der Waals surface area contributed by atoms with E-state index in [0.29, 0.717) is 0 Å². The van der Waals surface area contributed by atoms with Crippen LogP contribution in [0.3, 0.4) is 0 Å². The molecule has 0 amide bonds. The molecule has 0 unspecified atom stereocenters. The summed E-state index contributed by atoms with van der Waals surface area (Å²) in [7, 11) is 3.03. The Labute approximate surface area is 106 Å². The second-order valence-electron chi connectivity index (χ2n) is 3.88. The lowest BCUT2D eigenvalue weighted by molar-refractivity contribution is 0.0695. The molecule has 0 aliphatic carbocycles. The first kappa shape index (κ1) is 12.4. The molecule has 1 N–H and O–H groups in total. The zero-order valence-electron chi connectivity index (χ0n) is 9.60. The molecule has 0 aliphatic rings. The molecular formula is C11H9ClN2O4. The summed E-state index contributed by atoms with van der Waals surface area (Å²) in [6.07, 6.45) is 1.17. The molecule has 0 radical (unpaired) electrons. The van der Waals surface area contributed by atoms with Gasteiger partial charge < -0.3 is 9.67 Å². The van der Waals surface area contributed by atoms with Crippen LogP contribution in [-0.4, -0.2) is 20.2 Å². The van der Waals surface area contributed by atoms with E-state index in [1.54, 1.807) is 7.05 Å². The van der Waals surface area contributed by atoms with Crippen molar-refractivity contribution in [3.05, 3.63) is 43.4 Å². The van der Waals surface area contributed by atoms with Gasteiger partial charge in [-0.05, 0) is 0 Å². The molecule has 18 heavy (non-hydrogen) atoms. The van der Waals surface area contributed by atoms with Gasteiger partial charge in [0.15, 0.2) is 0 Å². The summed E-state index contributed by atoms with van der Waals surface area (Å²) in [5.74, 6) is -1.33. The number of carboxylic acids is 1. The van der Waals surface area contributed by atoms with Crippen molar-refractivity contribution >= 4 is 28.6 Å². The minimum absolute atomic E-state index is 0.0289. The molecule has 0 aliphatic heterocycles. The minimum Gasteiger partial charge on any atom is -0.477 e. The van der Waals surface area contributed by atoms with Crippen LogP contribution in [0.4, 0.5) is 0 Å². The van der Waals surface area contributed by atoms with Gasteiger partial charge in [-0.25, -0.2) is 4.79 Å². The van der Waals surface area contributed by atoms with Crippen molar-refractivity contribution in [1.82, 2.24) is 9.13 Å². The first-order valence-corrected chi connectivity index (χ1v) is 5.34. The molecule has 7 heteroatoms. The van der Waals surface area contributed by atoms with Gasteiger partial charge in [-0.15, -0.1) is 0 Å². The molecule has 0 bridgehead atoms. The van der Waals surface area contributed by atoms with Gasteiger partial charge in [0.05, 0.1) is 10.4 Å². The second kappa shape index (κ2) is 3.99. The maximum atomic E-state index is 12.0. The molecule has 0 saturated carbocycles. The number of carbonyl (C=O) groups is 1. The quantitative estimate of drug-likeness (QED) is 0.821. The summed E-state index contributed by atoms with van der Waals surface area (Å²) in [4.78, 5) is 34.6. The van der Waals surface area contributed by atoms with Gasteiger partial charge >= 0.3 is 5.97 Å². The lowest BCUT2D eigenvalue weighted by atomic mass is 10.2. The van der Waals surface area contributed by atoms with Gasteiger partial charge in [0.25, 0.3) is 5.56 Å². The number of fused-ring (bicyclic) bond motifs is 1. The molecule has 2 aromatic heterocycles. The van der Waals surface area contributed by atoms with E-state index in [1.165, 1.54) is 22.4 Å². The molecule has 2 rings (SSSR count). The second-order valence-corrected chi connectivity index (χ2v) is 4.28. The third-order valence-electron chi connectivity index (χ3n) is 2.72. The van der Waals surface area contributed by atoms with Gasteiger partial charge in [0, 0.05) is 26.4 Å². The van der Waals surface area contributed by atoms with E-state index in [0.717, 1.165) is 6.07 Å². The molecule has 0 atom stereocenters. The highest BCUT2D eigenvalue weighted by Crippen LogP contribution is 2.17. The molecule has 0 spiro atoms. The molecular weight excluding hydrogens is 260 g/mol. The standard InChI is InChI=1S/C11H9ClN2O4/c1-13-4-5(11(17)18)9(16)8-6(12)3-7(15)14(2)10(8)13/h3-4H,1-2H3,(H,17,18). The number of hydrogen-bond acceptors (Lipinski definition) is 3. The lowest BCUT2D eigenvalue weighted by Gasteiger charge is -2.11. The van der Waals surface area contributed by atoms with E-state index >= 15 is 0 Å². The minimum atomic E-state index is -1.33. The van der Waals surface area contributed by atoms with Crippen LogP contribution < -0.4 is 11.0 Å². The maximum absolute atomic E-state index is 12.0. The molecule has 0 fully saturated rings. The first-order chi connectivity index (χ1) is 8.34. The zero-order valence-corrected chi connectivity index (χ0v) is 10.4. The van der Waals surface area contributed by atoms with Crippen LogP contribution in [-0.2, 0) is 14.1 Å². The number of hydrogen-bond donors (Lipinski definition) is 1. The molecule has 0 saturated heterocycles. The Bertz CT molecular complexity index is 788. The van der Waals surface area contributed by atoms with Gasteiger partial charge in [-0.1, -0.05) is 11.6 Å². The highest BCUT2D eigenvalue weighted by molar-refractivity contribution is 6.35. The highest BCUT2D eigenvalue weighted by atomic mass is 35.5. The van der Waals surface area contributed by atoms with E-state index in [-0.39, 0.29) is 27.2 Å². The number of pyridine rings is 2. The van der Waals surface area contributed by atoms with Crippen molar-refractivity contribution in [1.29, 1.82) is 0 Å². The van der Waals surface area contributed by atoms with Crippen LogP contribution in [0.5, 0.6) is 0 Å². The summed E-state index contributed by atoms with van der Waals surface area (Å²) >= 11 is 5.87. The van der Waals surface area contributed by atoms with Gasteiger partial charge in [-0.2, -0.15) is 0 Å². The van der Waals surface area contributed by atoms with Crippen molar-refractivity contribution < 1.29 is 9.90 Å². The predicted molar refractivity (Wildman–Crippen MR) is 66.4 cm³/mol.